The van der Waals surface area contributed by atoms with E-state index in [-0.39, 0.29) is 36.6 Å². The highest BCUT2D eigenvalue weighted by atomic mass is 32.1. The maximum atomic E-state index is 12.3. The Morgan fingerprint density at radius 1 is 1.17 bits per heavy atom. The van der Waals surface area contributed by atoms with Gasteiger partial charge in [0.15, 0.2) is 0 Å². The van der Waals surface area contributed by atoms with Gasteiger partial charge in [-0.15, -0.1) is 11.3 Å². The summed E-state index contributed by atoms with van der Waals surface area (Å²) < 4.78 is 0. The molecule has 1 aliphatic rings. The van der Waals surface area contributed by atoms with E-state index >= 15 is 0 Å². The lowest BCUT2D eigenvalue weighted by atomic mass is 9.97. The summed E-state index contributed by atoms with van der Waals surface area (Å²) >= 11 is 1.37. The molecule has 1 aromatic heterocycles. The quantitative estimate of drug-likeness (QED) is 0.616. The van der Waals surface area contributed by atoms with Crippen LogP contribution in [0.3, 0.4) is 0 Å². The zero-order chi connectivity index (χ0) is 20.6. The number of benzene rings is 1. The fourth-order valence-corrected chi connectivity index (χ4v) is 4.09. The van der Waals surface area contributed by atoms with E-state index in [1.54, 1.807) is 6.07 Å². The van der Waals surface area contributed by atoms with Crippen LogP contribution in [0, 0.1) is 5.92 Å². The number of rotatable bonds is 8. The first kappa shape index (κ1) is 21.0. The summed E-state index contributed by atoms with van der Waals surface area (Å²) in [5, 5.41) is 7.53. The number of thiophene rings is 1. The summed E-state index contributed by atoms with van der Waals surface area (Å²) in [6.45, 7) is 2.47. The molecule has 7 nitrogen and oxygen atoms in total. The van der Waals surface area contributed by atoms with Crippen LogP contribution in [0.5, 0.6) is 0 Å². The van der Waals surface area contributed by atoms with Crippen molar-refractivity contribution in [2.75, 3.05) is 25.0 Å². The van der Waals surface area contributed by atoms with Crippen molar-refractivity contribution in [2.24, 2.45) is 11.7 Å². The molecular formula is C21H26N4O3S. The standard InChI is InChI=1S/C21H26N4O3S/c22-20(27)16-6-3-11-25(14-16)13-15-5-1-2-7-17(15)24-19(26)9-10-23-21(28)18-8-4-12-29-18/h1-2,4-5,7-8,12,16H,3,6,9-11,13-14H2,(H2,22,27)(H,23,28)(H,24,26). The summed E-state index contributed by atoms with van der Waals surface area (Å²) in [5.74, 6) is -0.682. The predicted octanol–water partition coefficient (Wildman–Crippen LogP) is 2.20. The first-order chi connectivity index (χ1) is 14.0. The summed E-state index contributed by atoms with van der Waals surface area (Å²) in [7, 11) is 0. The number of nitrogens with zero attached hydrogens (tertiary/aromatic N) is 1. The molecule has 3 amide bonds. The van der Waals surface area contributed by atoms with E-state index in [0.29, 0.717) is 18.0 Å². The summed E-state index contributed by atoms with van der Waals surface area (Å²) in [6.07, 6.45) is 1.96. The number of nitrogens with two attached hydrogens (primary N) is 1. The number of anilines is 1. The van der Waals surface area contributed by atoms with Gasteiger partial charge < -0.3 is 16.4 Å². The van der Waals surface area contributed by atoms with Crippen LogP contribution in [0.15, 0.2) is 41.8 Å². The van der Waals surface area contributed by atoms with Crippen molar-refractivity contribution in [1.82, 2.24) is 10.2 Å². The Kier molecular flexibility index (Phi) is 7.37. The lowest BCUT2D eigenvalue weighted by Gasteiger charge is -2.31. The number of nitrogens with one attached hydrogen (secondary N) is 2. The van der Waals surface area contributed by atoms with Gasteiger partial charge in [0.1, 0.15) is 0 Å². The van der Waals surface area contributed by atoms with Crippen molar-refractivity contribution in [3.05, 3.63) is 52.2 Å². The molecule has 8 heteroatoms. The van der Waals surface area contributed by atoms with Crippen LogP contribution in [-0.4, -0.2) is 42.3 Å². The molecule has 1 aromatic carbocycles. The number of hydrogen-bond donors (Lipinski definition) is 3. The molecule has 2 aromatic rings. The smallest absolute Gasteiger partial charge is 0.261 e. The topological polar surface area (TPSA) is 105 Å². The second-order valence-electron chi connectivity index (χ2n) is 7.17. The summed E-state index contributed by atoms with van der Waals surface area (Å²) in [6, 6.07) is 11.2. The SMILES string of the molecule is NC(=O)C1CCCN(Cc2ccccc2NC(=O)CCNC(=O)c2cccs2)C1. The molecule has 1 aliphatic heterocycles. The van der Waals surface area contributed by atoms with Crippen molar-refractivity contribution in [3.63, 3.8) is 0 Å². The Labute approximate surface area is 174 Å². The third-order valence-corrected chi connectivity index (χ3v) is 5.84. The van der Waals surface area contributed by atoms with Crippen LogP contribution >= 0.6 is 11.3 Å². The van der Waals surface area contributed by atoms with Gasteiger partial charge in [0, 0.05) is 31.7 Å². The normalized spacial score (nSPS) is 16.9. The van der Waals surface area contributed by atoms with E-state index < -0.39 is 0 Å². The van der Waals surface area contributed by atoms with Gasteiger partial charge in [-0.3, -0.25) is 19.3 Å². The number of amides is 3. The maximum absolute atomic E-state index is 12.3. The number of piperidine rings is 1. The minimum Gasteiger partial charge on any atom is -0.369 e. The summed E-state index contributed by atoms with van der Waals surface area (Å²) in [4.78, 5) is 38.6. The van der Waals surface area contributed by atoms with E-state index in [0.717, 1.165) is 30.6 Å². The lowest BCUT2D eigenvalue weighted by Crippen LogP contribution is -2.40. The van der Waals surface area contributed by atoms with E-state index in [1.165, 1.54) is 11.3 Å². The number of carbonyl (C=O) groups excluding carboxylic acids is 3. The monoisotopic (exact) mass is 414 g/mol. The number of para-hydroxylation sites is 1. The number of primary amides is 1. The van der Waals surface area contributed by atoms with E-state index in [2.05, 4.69) is 15.5 Å². The highest BCUT2D eigenvalue weighted by molar-refractivity contribution is 7.12. The van der Waals surface area contributed by atoms with Gasteiger partial charge >= 0.3 is 0 Å². The van der Waals surface area contributed by atoms with Crippen molar-refractivity contribution >= 4 is 34.7 Å². The van der Waals surface area contributed by atoms with Crippen LogP contribution in [0.4, 0.5) is 5.69 Å². The van der Waals surface area contributed by atoms with Crippen molar-refractivity contribution in [2.45, 2.75) is 25.8 Å². The van der Waals surface area contributed by atoms with E-state index in [1.807, 2.05) is 35.7 Å². The zero-order valence-corrected chi connectivity index (χ0v) is 17.0. The number of carbonyl (C=O) groups is 3. The fraction of sp³-hybridized carbons (Fsp3) is 0.381. The van der Waals surface area contributed by atoms with Crippen molar-refractivity contribution in [1.29, 1.82) is 0 Å². The second-order valence-corrected chi connectivity index (χ2v) is 8.11. The fourth-order valence-electron chi connectivity index (χ4n) is 3.45. The molecule has 0 spiro atoms. The Morgan fingerprint density at radius 3 is 2.76 bits per heavy atom. The van der Waals surface area contributed by atoms with Gasteiger partial charge in [0.25, 0.3) is 5.91 Å². The molecule has 1 fully saturated rings. The van der Waals surface area contributed by atoms with Crippen LogP contribution in [0.1, 0.15) is 34.5 Å². The molecular weight excluding hydrogens is 388 g/mol. The average Bonchev–Trinajstić information content (AvgIpc) is 3.24. The molecule has 1 atom stereocenters. The largest absolute Gasteiger partial charge is 0.369 e. The molecule has 154 valence electrons. The van der Waals surface area contributed by atoms with Crippen molar-refractivity contribution in [3.8, 4) is 0 Å². The van der Waals surface area contributed by atoms with Gasteiger partial charge in [0.2, 0.25) is 11.8 Å². The third kappa shape index (κ3) is 6.13. The second kappa shape index (κ2) is 10.2. The predicted molar refractivity (Wildman–Crippen MR) is 114 cm³/mol. The lowest BCUT2D eigenvalue weighted by molar-refractivity contribution is -0.123. The molecule has 0 aliphatic carbocycles. The third-order valence-electron chi connectivity index (χ3n) is 4.98. The molecule has 0 saturated carbocycles. The van der Waals surface area contributed by atoms with Gasteiger partial charge in [-0.05, 0) is 42.5 Å². The van der Waals surface area contributed by atoms with Gasteiger partial charge in [-0.25, -0.2) is 0 Å². The summed E-state index contributed by atoms with van der Waals surface area (Å²) in [5.41, 5.74) is 7.21. The highest BCUT2D eigenvalue weighted by Crippen LogP contribution is 2.22. The zero-order valence-electron chi connectivity index (χ0n) is 16.2. The van der Waals surface area contributed by atoms with Gasteiger partial charge in [0.05, 0.1) is 10.8 Å². The first-order valence-corrected chi connectivity index (χ1v) is 10.6. The highest BCUT2D eigenvalue weighted by Gasteiger charge is 2.24. The van der Waals surface area contributed by atoms with Crippen molar-refractivity contribution < 1.29 is 14.4 Å². The Morgan fingerprint density at radius 2 is 2.00 bits per heavy atom. The van der Waals surface area contributed by atoms with Crippen LogP contribution in [0.25, 0.3) is 0 Å². The molecule has 1 unspecified atom stereocenters. The van der Waals surface area contributed by atoms with Crippen LogP contribution in [-0.2, 0) is 16.1 Å². The number of likely N-dealkylation sites (tertiary alicyclic amines) is 1. The van der Waals surface area contributed by atoms with E-state index in [9.17, 15) is 14.4 Å². The Balaban J connectivity index is 1.51. The number of hydrogen-bond acceptors (Lipinski definition) is 5. The molecule has 4 N–H and O–H groups in total. The minimum absolute atomic E-state index is 0.113. The first-order valence-electron chi connectivity index (χ1n) is 9.74. The molecule has 1 saturated heterocycles. The molecule has 0 radical (unpaired) electrons. The van der Waals surface area contributed by atoms with Gasteiger partial charge in [-0.1, -0.05) is 24.3 Å². The molecule has 2 heterocycles. The van der Waals surface area contributed by atoms with Gasteiger partial charge in [-0.2, -0.15) is 0 Å². The van der Waals surface area contributed by atoms with Crippen LogP contribution < -0.4 is 16.4 Å². The minimum atomic E-state index is -0.249. The average molecular weight is 415 g/mol. The Hall–Kier alpha value is -2.71. The maximum Gasteiger partial charge on any atom is 0.261 e. The molecule has 29 heavy (non-hydrogen) atoms. The van der Waals surface area contributed by atoms with E-state index in [4.69, 9.17) is 5.73 Å². The molecule has 0 bridgehead atoms. The van der Waals surface area contributed by atoms with Crippen LogP contribution in [0.2, 0.25) is 0 Å². The Bertz CT molecular complexity index is 853. The molecule has 3 rings (SSSR count).